The average Bonchev–Trinajstić information content (AvgIpc) is 2.69. The van der Waals surface area contributed by atoms with Crippen molar-refractivity contribution < 1.29 is 4.39 Å². The maximum Gasteiger partial charge on any atom is 0.123 e. The molecule has 84 valence electrons. The van der Waals surface area contributed by atoms with Crippen molar-refractivity contribution >= 4 is 22.9 Å². The van der Waals surface area contributed by atoms with Crippen LogP contribution in [0.1, 0.15) is 22.1 Å². The Hall–Kier alpha value is -0.930. The molecular weight excluding hydrogens is 245 g/mol. The minimum Gasteiger partial charge on any atom is -0.250 e. The second-order valence-electron chi connectivity index (χ2n) is 3.56. The van der Waals surface area contributed by atoms with Crippen molar-refractivity contribution in [2.45, 2.75) is 12.8 Å². The molecule has 0 saturated heterocycles. The lowest BCUT2D eigenvalue weighted by Gasteiger charge is -2.13. The van der Waals surface area contributed by atoms with Crippen LogP contribution in [0.5, 0.6) is 0 Å². The minimum absolute atomic E-state index is 0.106. The summed E-state index contributed by atoms with van der Waals surface area (Å²) >= 11 is 7.58. The van der Waals surface area contributed by atoms with Gasteiger partial charge in [-0.15, -0.1) is 22.9 Å². The molecule has 1 unspecified atom stereocenters. The van der Waals surface area contributed by atoms with Gasteiger partial charge >= 0.3 is 0 Å². The first-order chi connectivity index (χ1) is 7.72. The number of hydrogen-bond donors (Lipinski definition) is 0. The summed E-state index contributed by atoms with van der Waals surface area (Å²) in [6, 6.07) is 6.49. The van der Waals surface area contributed by atoms with Crippen LogP contribution in [0.15, 0.2) is 29.8 Å². The summed E-state index contributed by atoms with van der Waals surface area (Å²) < 4.78 is 12.8. The zero-order valence-electron chi connectivity index (χ0n) is 8.78. The lowest BCUT2D eigenvalue weighted by Crippen LogP contribution is -2.02. The molecule has 1 atom stereocenters. The van der Waals surface area contributed by atoms with Crippen LogP contribution in [0.25, 0.3) is 0 Å². The Morgan fingerprint density at radius 2 is 2.06 bits per heavy atom. The maximum atomic E-state index is 12.8. The summed E-state index contributed by atoms with van der Waals surface area (Å²) in [6.07, 6.45) is 0. The quantitative estimate of drug-likeness (QED) is 0.757. The first-order valence-corrected chi connectivity index (χ1v) is 6.35. The van der Waals surface area contributed by atoms with E-state index in [1.165, 1.54) is 12.1 Å². The molecule has 0 saturated carbocycles. The van der Waals surface area contributed by atoms with Gasteiger partial charge in [-0.2, -0.15) is 0 Å². The molecule has 1 nitrogen and oxygen atoms in total. The number of aromatic nitrogens is 1. The van der Waals surface area contributed by atoms with Crippen molar-refractivity contribution in [2.24, 2.45) is 0 Å². The summed E-state index contributed by atoms with van der Waals surface area (Å²) in [6.45, 7) is 1.97. The number of alkyl halides is 1. The fraction of sp³-hybridized carbons (Fsp3) is 0.250. The largest absolute Gasteiger partial charge is 0.250 e. The summed E-state index contributed by atoms with van der Waals surface area (Å²) in [5.41, 5.74) is 3.84. The molecule has 1 aromatic carbocycles. The highest BCUT2D eigenvalue weighted by Gasteiger charge is 2.17. The van der Waals surface area contributed by atoms with Gasteiger partial charge < -0.3 is 0 Å². The number of nitrogens with zero attached hydrogens (tertiary/aromatic N) is 1. The molecule has 0 aliphatic heterocycles. The predicted molar refractivity (Wildman–Crippen MR) is 65.8 cm³/mol. The molecule has 4 heteroatoms. The summed E-state index contributed by atoms with van der Waals surface area (Å²) in [5.74, 6) is 0.363. The van der Waals surface area contributed by atoms with E-state index >= 15 is 0 Å². The Morgan fingerprint density at radius 1 is 1.38 bits per heavy atom. The molecule has 0 aliphatic rings. The van der Waals surface area contributed by atoms with E-state index in [9.17, 15) is 4.39 Å². The smallest absolute Gasteiger partial charge is 0.123 e. The van der Waals surface area contributed by atoms with Gasteiger partial charge in [0, 0.05) is 16.7 Å². The average molecular weight is 256 g/mol. The van der Waals surface area contributed by atoms with E-state index in [0.717, 1.165) is 16.1 Å². The molecule has 0 bridgehead atoms. The lowest BCUT2D eigenvalue weighted by molar-refractivity contribution is 0.626. The van der Waals surface area contributed by atoms with Crippen molar-refractivity contribution in [1.29, 1.82) is 0 Å². The maximum absolute atomic E-state index is 12.8. The highest BCUT2D eigenvalue weighted by Crippen LogP contribution is 2.31. The molecule has 0 aliphatic carbocycles. The molecule has 1 heterocycles. The minimum atomic E-state index is -0.224. The first-order valence-electron chi connectivity index (χ1n) is 4.93. The Morgan fingerprint density at radius 3 is 2.56 bits per heavy atom. The fourth-order valence-corrected chi connectivity index (χ4v) is 3.01. The zero-order chi connectivity index (χ0) is 11.5. The van der Waals surface area contributed by atoms with Crippen LogP contribution in [-0.4, -0.2) is 10.9 Å². The Labute approximate surface area is 103 Å². The van der Waals surface area contributed by atoms with Crippen LogP contribution < -0.4 is 0 Å². The van der Waals surface area contributed by atoms with Gasteiger partial charge in [-0.25, -0.2) is 9.37 Å². The van der Waals surface area contributed by atoms with Gasteiger partial charge in [0.05, 0.1) is 11.2 Å². The molecule has 0 N–H and O–H groups in total. The Kier molecular flexibility index (Phi) is 3.56. The van der Waals surface area contributed by atoms with Gasteiger partial charge in [0.2, 0.25) is 0 Å². The zero-order valence-corrected chi connectivity index (χ0v) is 10.4. The third kappa shape index (κ3) is 2.25. The van der Waals surface area contributed by atoms with Crippen LogP contribution >= 0.6 is 22.9 Å². The Balaban J connectivity index is 2.37. The molecule has 16 heavy (non-hydrogen) atoms. The molecule has 0 spiro atoms. The van der Waals surface area contributed by atoms with Gasteiger partial charge in [-0.1, -0.05) is 12.1 Å². The molecule has 2 rings (SSSR count). The molecule has 0 radical (unpaired) electrons. The molecule has 2 aromatic rings. The standard InChI is InChI=1S/C12H11ClFNS/c1-8-12(16-7-15-8)11(6-13)9-2-4-10(14)5-3-9/h2-5,7,11H,6H2,1H3. The van der Waals surface area contributed by atoms with Gasteiger partial charge in [0.15, 0.2) is 0 Å². The lowest BCUT2D eigenvalue weighted by atomic mass is 9.98. The molecular formula is C12H11ClFNS. The van der Waals surface area contributed by atoms with Crippen molar-refractivity contribution in [3.8, 4) is 0 Å². The van der Waals surface area contributed by atoms with E-state index < -0.39 is 0 Å². The topological polar surface area (TPSA) is 12.9 Å². The number of halogens is 2. The number of hydrogen-bond acceptors (Lipinski definition) is 2. The second kappa shape index (κ2) is 4.93. The van der Waals surface area contributed by atoms with E-state index in [-0.39, 0.29) is 11.7 Å². The van der Waals surface area contributed by atoms with Gasteiger partial charge in [-0.3, -0.25) is 0 Å². The second-order valence-corrected chi connectivity index (χ2v) is 4.76. The first kappa shape index (κ1) is 11.6. The van der Waals surface area contributed by atoms with Crippen molar-refractivity contribution in [2.75, 3.05) is 5.88 Å². The van der Waals surface area contributed by atoms with E-state index in [0.29, 0.717) is 5.88 Å². The number of thiazole rings is 1. The van der Waals surface area contributed by atoms with Crippen LogP contribution in [0.3, 0.4) is 0 Å². The Bertz CT molecular complexity index is 466. The van der Waals surface area contributed by atoms with Gasteiger partial charge in [0.25, 0.3) is 0 Å². The van der Waals surface area contributed by atoms with Gasteiger partial charge in [0.1, 0.15) is 5.82 Å². The molecule has 1 aromatic heterocycles. The van der Waals surface area contributed by atoms with Crippen molar-refractivity contribution in [3.63, 3.8) is 0 Å². The predicted octanol–water partition coefficient (Wildman–Crippen LogP) is 3.96. The SMILES string of the molecule is Cc1ncsc1C(CCl)c1ccc(F)cc1. The normalized spacial score (nSPS) is 12.7. The van der Waals surface area contributed by atoms with Crippen molar-refractivity contribution in [3.05, 3.63) is 51.7 Å². The van der Waals surface area contributed by atoms with Crippen LogP contribution in [-0.2, 0) is 0 Å². The summed E-state index contributed by atoms with van der Waals surface area (Å²) in [7, 11) is 0. The van der Waals surface area contributed by atoms with Crippen LogP contribution in [0, 0.1) is 12.7 Å². The van der Waals surface area contributed by atoms with Crippen LogP contribution in [0.4, 0.5) is 4.39 Å². The van der Waals surface area contributed by atoms with Gasteiger partial charge in [-0.05, 0) is 24.6 Å². The summed E-state index contributed by atoms with van der Waals surface area (Å²) in [4.78, 5) is 5.37. The number of benzene rings is 1. The number of aryl methyl sites for hydroxylation is 1. The summed E-state index contributed by atoms with van der Waals surface area (Å²) in [5, 5.41) is 0. The van der Waals surface area contributed by atoms with E-state index in [4.69, 9.17) is 11.6 Å². The highest BCUT2D eigenvalue weighted by molar-refractivity contribution is 7.09. The fourth-order valence-electron chi connectivity index (χ4n) is 1.65. The monoisotopic (exact) mass is 255 g/mol. The van der Waals surface area contributed by atoms with Crippen LogP contribution in [0.2, 0.25) is 0 Å². The number of rotatable bonds is 3. The van der Waals surface area contributed by atoms with E-state index in [1.54, 1.807) is 23.5 Å². The molecule has 0 amide bonds. The van der Waals surface area contributed by atoms with E-state index in [1.807, 2.05) is 12.4 Å². The third-order valence-electron chi connectivity index (χ3n) is 2.53. The third-order valence-corrected chi connectivity index (χ3v) is 3.88. The highest BCUT2D eigenvalue weighted by atomic mass is 35.5. The van der Waals surface area contributed by atoms with E-state index in [2.05, 4.69) is 4.98 Å². The molecule has 0 fully saturated rings. The van der Waals surface area contributed by atoms with Crippen molar-refractivity contribution in [1.82, 2.24) is 4.98 Å².